The van der Waals surface area contributed by atoms with Crippen molar-refractivity contribution in [3.8, 4) is 5.75 Å². The van der Waals surface area contributed by atoms with Crippen LogP contribution in [0.25, 0.3) is 0 Å². The molecule has 1 unspecified atom stereocenters. The quantitative estimate of drug-likeness (QED) is 0.618. The number of hydrogen-bond donors (Lipinski definition) is 4. The molecule has 6 nitrogen and oxygen atoms in total. The number of phenols is 1. The Morgan fingerprint density at radius 3 is 2.95 bits per heavy atom. The average Bonchev–Trinajstić information content (AvgIpc) is 2.41. The highest BCUT2D eigenvalue weighted by Crippen LogP contribution is 2.31. The molecule has 0 radical (unpaired) electrons. The minimum absolute atomic E-state index is 0.0277. The Morgan fingerprint density at radius 1 is 1.47 bits per heavy atom. The summed E-state index contributed by atoms with van der Waals surface area (Å²) in [4.78, 5) is 13.0. The lowest BCUT2D eigenvalue weighted by Gasteiger charge is -2.36. The van der Waals surface area contributed by atoms with Crippen molar-refractivity contribution in [2.45, 2.75) is 25.3 Å². The lowest BCUT2D eigenvalue weighted by Crippen LogP contribution is -2.41. The first kappa shape index (κ1) is 13.5. The van der Waals surface area contributed by atoms with E-state index in [1.54, 1.807) is 12.1 Å². The molecule has 1 fully saturated rings. The molecule has 0 spiro atoms. The number of aromatic hydroxyl groups is 1. The smallest absolute Gasteiger partial charge is 0.316 e. The summed E-state index contributed by atoms with van der Waals surface area (Å²) in [5.41, 5.74) is 6.21. The molecule has 1 atom stereocenters. The van der Waals surface area contributed by atoms with E-state index in [9.17, 15) is 15.0 Å². The van der Waals surface area contributed by atoms with Crippen LogP contribution >= 0.6 is 0 Å². The SMILES string of the molecule is NC(=O)Nc1cc(N2CCCCC2CO)ccc1O. The van der Waals surface area contributed by atoms with Gasteiger partial charge in [-0.2, -0.15) is 0 Å². The lowest BCUT2D eigenvalue weighted by atomic mass is 10.0. The van der Waals surface area contributed by atoms with Gasteiger partial charge in [0.05, 0.1) is 18.3 Å². The number of piperidine rings is 1. The Morgan fingerprint density at radius 2 is 2.26 bits per heavy atom. The highest BCUT2D eigenvalue weighted by Gasteiger charge is 2.22. The zero-order valence-electron chi connectivity index (χ0n) is 10.7. The molecule has 104 valence electrons. The molecule has 1 heterocycles. The molecule has 0 bridgehead atoms. The summed E-state index contributed by atoms with van der Waals surface area (Å²) >= 11 is 0. The largest absolute Gasteiger partial charge is 0.506 e. The predicted molar refractivity (Wildman–Crippen MR) is 73.4 cm³/mol. The molecule has 1 aromatic rings. The van der Waals surface area contributed by atoms with Crippen LogP contribution in [0.15, 0.2) is 18.2 Å². The molecule has 1 aliphatic rings. The minimum Gasteiger partial charge on any atom is -0.506 e. The Balaban J connectivity index is 2.26. The molecule has 2 amide bonds. The van der Waals surface area contributed by atoms with Crippen molar-refractivity contribution in [3.05, 3.63) is 18.2 Å². The van der Waals surface area contributed by atoms with Crippen LogP contribution in [0, 0.1) is 0 Å². The molecular weight excluding hydrogens is 246 g/mol. The van der Waals surface area contributed by atoms with Gasteiger partial charge in [0, 0.05) is 12.2 Å². The Bertz CT molecular complexity index is 464. The number of anilines is 2. The number of nitrogens with zero attached hydrogens (tertiary/aromatic N) is 1. The van der Waals surface area contributed by atoms with Crippen molar-refractivity contribution in [3.63, 3.8) is 0 Å². The number of urea groups is 1. The first-order valence-corrected chi connectivity index (χ1v) is 6.39. The molecule has 5 N–H and O–H groups in total. The van der Waals surface area contributed by atoms with Gasteiger partial charge in [-0.1, -0.05) is 0 Å². The molecular formula is C13H19N3O3. The summed E-state index contributed by atoms with van der Waals surface area (Å²) in [7, 11) is 0. The predicted octanol–water partition coefficient (Wildman–Crippen LogP) is 1.23. The van der Waals surface area contributed by atoms with E-state index < -0.39 is 6.03 Å². The molecule has 1 aliphatic heterocycles. The van der Waals surface area contributed by atoms with Crippen LogP contribution in [0.4, 0.5) is 16.2 Å². The number of benzene rings is 1. The maximum atomic E-state index is 10.9. The number of nitrogens with one attached hydrogen (secondary N) is 1. The normalized spacial score (nSPS) is 19.2. The Labute approximate surface area is 111 Å². The first-order chi connectivity index (χ1) is 9.11. The van der Waals surface area contributed by atoms with Gasteiger partial charge in [0.1, 0.15) is 5.75 Å². The third-order valence-corrected chi connectivity index (χ3v) is 3.41. The van der Waals surface area contributed by atoms with Crippen LogP contribution in [0.1, 0.15) is 19.3 Å². The number of carbonyl (C=O) groups is 1. The summed E-state index contributed by atoms with van der Waals surface area (Å²) in [6.45, 7) is 0.950. The van der Waals surface area contributed by atoms with E-state index in [4.69, 9.17) is 5.73 Å². The van der Waals surface area contributed by atoms with Crippen LogP contribution in [0.2, 0.25) is 0 Å². The summed E-state index contributed by atoms with van der Waals surface area (Å²) in [5, 5.41) is 21.5. The van der Waals surface area contributed by atoms with Gasteiger partial charge in [-0.05, 0) is 37.5 Å². The lowest BCUT2D eigenvalue weighted by molar-refractivity contribution is 0.240. The molecule has 0 saturated carbocycles. The van der Waals surface area contributed by atoms with Gasteiger partial charge in [0.15, 0.2) is 0 Å². The number of hydrogen-bond acceptors (Lipinski definition) is 4. The molecule has 2 rings (SSSR count). The second-order valence-corrected chi connectivity index (χ2v) is 4.72. The molecule has 6 heteroatoms. The summed E-state index contributed by atoms with van der Waals surface area (Å²) in [5.74, 6) is -0.0277. The number of aliphatic hydroxyl groups excluding tert-OH is 1. The topological polar surface area (TPSA) is 98.8 Å². The summed E-state index contributed by atoms with van der Waals surface area (Å²) in [6.07, 6.45) is 3.11. The molecule has 0 aliphatic carbocycles. The number of phenolic OH excluding ortho intramolecular Hbond substituents is 1. The van der Waals surface area contributed by atoms with Crippen LogP contribution < -0.4 is 16.0 Å². The maximum Gasteiger partial charge on any atom is 0.316 e. The molecule has 1 saturated heterocycles. The Kier molecular flexibility index (Phi) is 4.11. The van der Waals surface area contributed by atoms with E-state index in [0.29, 0.717) is 0 Å². The van der Waals surface area contributed by atoms with Gasteiger partial charge in [-0.15, -0.1) is 0 Å². The monoisotopic (exact) mass is 265 g/mol. The van der Waals surface area contributed by atoms with Crippen LogP contribution in [0.3, 0.4) is 0 Å². The number of aliphatic hydroxyl groups is 1. The number of nitrogens with two attached hydrogens (primary N) is 1. The summed E-state index contributed by atoms with van der Waals surface area (Å²) < 4.78 is 0. The molecule has 0 aromatic heterocycles. The number of amides is 2. The fourth-order valence-corrected chi connectivity index (χ4v) is 2.47. The summed E-state index contributed by atoms with van der Waals surface area (Å²) in [6, 6.07) is 4.33. The van der Waals surface area contributed by atoms with E-state index in [0.717, 1.165) is 31.5 Å². The van der Waals surface area contributed by atoms with Gasteiger partial charge >= 0.3 is 6.03 Å². The fourth-order valence-electron chi connectivity index (χ4n) is 2.47. The Hall–Kier alpha value is -1.95. The minimum atomic E-state index is -0.718. The van der Waals surface area contributed by atoms with E-state index in [1.165, 1.54) is 6.07 Å². The third-order valence-electron chi connectivity index (χ3n) is 3.41. The van der Waals surface area contributed by atoms with Crippen LogP contribution in [-0.4, -0.2) is 35.4 Å². The zero-order chi connectivity index (χ0) is 13.8. The number of rotatable bonds is 3. The van der Waals surface area contributed by atoms with Crippen molar-refractivity contribution >= 4 is 17.4 Å². The molecule has 1 aromatic carbocycles. The number of primary amides is 1. The van der Waals surface area contributed by atoms with Gasteiger partial charge in [0.2, 0.25) is 0 Å². The third kappa shape index (κ3) is 3.08. The van der Waals surface area contributed by atoms with E-state index in [2.05, 4.69) is 10.2 Å². The van der Waals surface area contributed by atoms with Gasteiger partial charge < -0.3 is 26.2 Å². The highest BCUT2D eigenvalue weighted by molar-refractivity contribution is 5.90. The van der Waals surface area contributed by atoms with Crippen molar-refractivity contribution in [2.24, 2.45) is 5.73 Å². The van der Waals surface area contributed by atoms with Crippen molar-refractivity contribution in [1.29, 1.82) is 0 Å². The van der Waals surface area contributed by atoms with Crippen LogP contribution in [-0.2, 0) is 0 Å². The van der Waals surface area contributed by atoms with Gasteiger partial charge in [-0.3, -0.25) is 0 Å². The average molecular weight is 265 g/mol. The maximum absolute atomic E-state index is 10.9. The first-order valence-electron chi connectivity index (χ1n) is 6.39. The molecule has 19 heavy (non-hydrogen) atoms. The second kappa shape index (κ2) is 5.79. The zero-order valence-corrected chi connectivity index (χ0v) is 10.7. The van der Waals surface area contributed by atoms with Crippen molar-refractivity contribution < 1.29 is 15.0 Å². The van der Waals surface area contributed by atoms with Crippen molar-refractivity contribution in [1.82, 2.24) is 0 Å². The van der Waals surface area contributed by atoms with Gasteiger partial charge in [0.25, 0.3) is 0 Å². The van der Waals surface area contributed by atoms with Crippen molar-refractivity contribution in [2.75, 3.05) is 23.4 Å². The standard InChI is InChI=1S/C13H19N3O3/c14-13(19)15-11-7-9(4-5-12(11)18)16-6-2-1-3-10(16)8-17/h4-5,7,10,17-18H,1-3,6,8H2,(H3,14,15,19). The van der Waals surface area contributed by atoms with Crippen LogP contribution in [0.5, 0.6) is 5.75 Å². The fraction of sp³-hybridized carbons (Fsp3) is 0.462. The van der Waals surface area contributed by atoms with E-state index in [-0.39, 0.29) is 24.1 Å². The van der Waals surface area contributed by atoms with E-state index in [1.807, 2.05) is 0 Å². The van der Waals surface area contributed by atoms with E-state index >= 15 is 0 Å². The van der Waals surface area contributed by atoms with Gasteiger partial charge in [-0.25, -0.2) is 4.79 Å². The number of carbonyl (C=O) groups excluding carboxylic acids is 1. The highest BCUT2D eigenvalue weighted by atomic mass is 16.3. The second-order valence-electron chi connectivity index (χ2n) is 4.72.